The highest BCUT2D eigenvalue weighted by Gasteiger charge is 2.00. The van der Waals surface area contributed by atoms with Crippen molar-refractivity contribution in [1.29, 1.82) is 0 Å². The second kappa shape index (κ2) is 7.21. The standard InChI is InChI=1S/C14H18BrN5/c1-10(16)6-7-17-13-8-14(19-9-18-13)20-12-4-2-11(15)3-5-12/h2-5,8-10H,6-7,16H2,1H3,(H2,17,18,19,20). The predicted octanol–water partition coefficient (Wildman–Crippen LogP) is 3.13. The van der Waals surface area contributed by atoms with Gasteiger partial charge in [0.15, 0.2) is 0 Å². The van der Waals surface area contributed by atoms with Crippen molar-refractivity contribution in [3.8, 4) is 0 Å². The number of hydrogen-bond donors (Lipinski definition) is 3. The van der Waals surface area contributed by atoms with Gasteiger partial charge in [-0.05, 0) is 37.6 Å². The Kier molecular flexibility index (Phi) is 5.31. The van der Waals surface area contributed by atoms with E-state index in [0.717, 1.165) is 34.8 Å². The number of halogens is 1. The van der Waals surface area contributed by atoms with Crippen LogP contribution in [0.2, 0.25) is 0 Å². The van der Waals surface area contributed by atoms with Crippen molar-refractivity contribution in [2.75, 3.05) is 17.2 Å². The number of nitrogens with two attached hydrogens (primary N) is 1. The maximum Gasteiger partial charge on any atom is 0.135 e. The normalized spacial score (nSPS) is 11.9. The van der Waals surface area contributed by atoms with Crippen LogP contribution in [0.1, 0.15) is 13.3 Å². The van der Waals surface area contributed by atoms with E-state index < -0.39 is 0 Å². The van der Waals surface area contributed by atoms with E-state index in [-0.39, 0.29) is 6.04 Å². The van der Waals surface area contributed by atoms with Crippen molar-refractivity contribution in [3.05, 3.63) is 41.1 Å². The molecular weight excluding hydrogens is 318 g/mol. The van der Waals surface area contributed by atoms with Crippen molar-refractivity contribution in [1.82, 2.24) is 9.97 Å². The molecule has 20 heavy (non-hydrogen) atoms. The maximum absolute atomic E-state index is 5.71. The lowest BCUT2D eigenvalue weighted by molar-refractivity contribution is 0.689. The van der Waals surface area contributed by atoms with Crippen molar-refractivity contribution >= 4 is 33.3 Å². The molecule has 0 aliphatic carbocycles. The summed E-state index contributed by atoms with van der Waals surface area (Å²) in [6.07, 6.45) is 2.44. The third-order valence-corrected chi connectivity index (χ3v) is 3.22. The summed E-state index contributed by atoms with van der Waals surface area (Å²) in [6.45, 7) is 2.79. The maximum atomic E-state index is 5.71. The van der Waals surface area contributed by atoms with Crippen molar-refractivity contribution < 1.29 is 0 Å². The molecule has 1 aromatic heterocycles. The molecular formula is C14H18BrN5. The van der Waals surface area contributed by atoms with Crippen LogP contribution in [0, 0.1) is 0 Å². The Hall–Kier alpha value is -1.66. The number of aromatic nitrogens is 2. The highest BCUT2D eigenvalue weighted by molar-refractivity contribution is 9.10. The fourth-order valence-corrected chi connectivity index (χ4v) is 1.90. The van der Waals surface area contributed by atoms with Gasteiger partial charge in [0.2, 0.25) is 0 Å². The third kappa shape index (κ3) is 4.79. The van der Waals surface area contributed by atoms with Crippen molar-refractivity contribution in [3.63, 3.8) is 0 Å². The second-order valence-corrected chi connectivity index (χ2v) is 5.53. The molecule has 0 aliphatic heterocycles. The topological polar surface area (TPSA) is 75.9 Å². The predicted molar refractivity (Wildman–Crippen MR) is 86.2 cm³/mol. The summed E-state index contributed by atoms with van der Waals surface area (Å²) < 4.78 is 1.05. The monoisotopic (exact) mass is 335 g/mol. The summed E-state index contributed by atoms with van der Waals surface area (Å²) in [7, 11) is 0. The minimum atomic E-state index is 0.185. The number of hydrogen-bond acceptors (Lipinski definition) is 5. The molecule has 1 heterocycles. The zero-order chi connectivity index (χ0) is 14.4. The molecule has 0 bridgehead atoms. The van der Waals surface area contributed by atoms with Gasteiger partial charge in [-0.3, -0.25) is 0 Å². The average Bonchev–Trinajstić information content (AvgIpc) is 2.41. The van der Waals surface area contributed by atoms with Crippen LogP contribution in [0.25, 0.3) is 0 Å². The Morgan fingerprint density at radius 2 is 1.90 bits per heavy atom. The van der Waals surface area contributed by atoms with Crippen LogP contribution < -0.4 is 16.4 Å². The first kappa shape index (κ1) is 14.7. The van der Waals surface area contributed by atoms with E-state index >= 15 is 0 Å². The minimum Gasteiger partial charge on any atom is -0.370 e. The molecule has 1 aromatic carbocycles. The minimum absolute atomic E-state index is 0.185. The third-order valence-electron chi connectivity index (χ3n) is 2.69. The first-order valence-electron chi connectivity index (χ1n) is 6.47. The first-order valence-corrected chi connectivity index (χ1v) is 7.27. The van der Waals surface area contributed by atoms with Gasteiger partial charge in [0, 0.05) is 28.8 Å². The quantitative estimate of drug-likeness (QED) is 0.756. The molecule has 0 amide bonds. The molecule has 0 spiro atoms. The lowest BCUT2D eigenvalue weighted by Gasteiger charge is -2.09. The highest BCUT2D eigenvalue weighted by atomic mass is 79.9. The molecule has 6 heteroatoms. The van der Waals surface area contributed by atoms with Crippen LogP contribution >= 0.6 is 15.9 Å². The number of nitrogens with one attached hydrogen (secondary N) is 2. The smallest absolute Gasteiger partial charge is 0.135 e. The van der Waals surface area contributed by atoms with E-state index in [4.69, 9.17) is 5.73 Å². The lowest BCUT2D eigenvalue weighted by Crippen LogP contribution is -2.19. The summed E-state index contributed by atoms with van der Waals surface area (Å²) in [4.78, 5) is 8.38. The van der Waals surface area contributed by atoms with Gasteiger partial charge in [0.05, 0.1) is 0 Å². The summed E-state index contributed by atoms with van der Waals surface area (Å²) >= 11 is 3.41. The van der Waals surface area contributed by atoms with Gasteiger partial charge >= 0.3 is 0 Å². The molecule has 0 saturated heterocycles. The molecule has 0 radical (unpaired) electrons. The zero-order valence-electron chi connectivity index (χ0n) is 11.3. The molecule has 0 aliphatic rings. The van der Waals surface area contributed by atoms with E-state index in [1.807, 2.05) is 37.3 Å². The molecule has 106 valence electrons. The van der Waals surface area contributed by atoms with E-state index in [1.54, 1.807) is 0 Å². The van der Waals surface area contributed by atoms with Crippen molar-refractivity contribution in [2.24, 2.45) is 5.73 Å². The van der Waals surface area contributed by atoms with E-state index in [1.165, 1.54) is 6.33 Å². The van der Waals surface area contributed by atoms with Crippen LogP contribution in [0.5, 0.6) is 0 Å². The van der Waals surface area contributed by atoms with Gasteiger partial charge < -0.3 is 16.4 Å². The Bertz CT molecular complexity index is 542. The summed E-state index contributed by atoms with van der Waals surface area (Å²) in [5.74, 6) is 1.55. The van der Waals surface area contributed by atoms with Gasteiger partial charge in [-0.15, -0.1) is 0 Å². The van der Waals surface area contributed by atoms with Gasteiger partial charge in [-0.1, -0.05) is 15.9 Å². The Balaban J connectivity index is 1.96. The molecule has 1 unspecified atom stereocenters. The Morgan fingerprint density at radius 3 is 2.60 bits per heavy atom. The van der Waals surface area contributed by atoms with Crippen LogP contribution in [-0.4, -0.2) is 22.6 Å². The van der Waals surface area contributed by atoms with Gasteiger partial charge in [-0.2, -0.15) is 0 Å². The number of rotatable bonds is 6. The van der Waals surface area contributed by atoms with Gasteiger partial charge in [-0.25, -0.2) is 9.97 Å². The van der Waals surface area contributed by atoms with Crippen LogP contribution in [0.3, 0.4) is 0 Å². The average molecular weight is 336 g/mol. The molecule has 0 saturated carbocycles. The molecule has 2 aromatic rings. The number of benzene rings is 1. The zero-order valence-corrected chi connectivity index (χ0v) is 12.9. The first-order chi connectivity index (χ1) is 9.63. The highest BCUT2D eigenvalue weighted by Crippen LogP contribution is 2.18. The Labute approximate surface area is 127 Å². The van der Waals surface area contributed by atoms with Crippen molar-refractivity contribution in [2.45, 2.75) is 19.4 Å². The van der Waals surface area contributed by atoms with Crippen LogP contribution in [0.4, 0.5) is 17.3 Å². The molecule has 1 atom stereocenters. The second-order valence-electron chi connectivity index (χ2n) is 4.61. The summed E-state index contributed by atoms with van der Waals surface area (Å²) in [5, 5.41) is 6.47. The molecule has 4 N–H and O–H groups in total. The molecule has 5 nitrogen and oxygen atoms in total. The fourth-order valence-electron chi connectivity index (χ4n) is 1.63. The van der Waals surface area contributed by atoms with Crippen LogP contribution in [-0.2, 0) is 0 Å². The fraction of sp³-hybridized carbons (Fsp3) is 0.286. The van der Waals surface area contributed by atoms with E-state index in [0.29, 0.717) is 0 Å². The largest absolute Gasteiger partial charge is 0.370 e. The van der Waals surface area contributed by atoms with E-state index in [2.05, 4.69) is 36.5 Å². The molecule has 0 fully saturated rings. The van der Waals surface area contributed by atoms with Gasteiger partial charge in [0.1, 0.15) is 18.0 Å². The number of nitrogens with zero attached hydrogens (tertiary/aromatic N) is 2. The van der Waals surface area contributed by atoms with Crippen LogP contribution in [0.15, 0.2) is 41.1 Å². The van der Waals surface area contributed by atoms with E-state index in [9.17, 15) is 0 Å². The SMILES string of the molecule is CC(N)CCNc1cc(Nc2ccc(Br)cc2)ncn1. The molecule has 2 rings (SSSR count). The number of anilines is 3. The van der Waals surface area contributed by atoms with Gasteiger partial charge in [0.25, 0.3) is 0 Å². The summed E-state index contributed by atoms with van der Waals surface area (Å²) in [5.41, 5.74) is 6.69. The lowest BCUT2D eigenvalue weighted by atomic mass is 10.2. The Morgan fingerprint density at radius 1 is 1.20 bits per heavy atom. The summed E-state index contributed by atoms with van der Waals surface area (Å²) in [6, 6.07) is 9.98.